The molecular formula is C16H26N2O. The van der Waals surface area contributed by atoms with Gasteiger partial charge in [-0.2, -0.15) is 5.26 Å². The third kappa shape index (κ3) is 2.50. The molecule has 1 saturated heterocycles. The summed E-state index contributed by atoms with van der Waals surface area (Å²) in [6, 6.07) is 2.37. The van der Waals surface area contributed by atoms with Crippen molar-refractivity contribution in [1.82, 2.24) is 4.90 Å². The van der Waals surface area contributed by atoms with Crippen molar-refractivity contribution in [3.05, 3.63) is 0 Å². The van der Waals surface area contributed by atoms with Crippen molar-refractivity contribution in [2.45, 2.75) is 65.2 Å². The zero-order valence-corrected chi connectivity index (χ0v) is 12.4. The molecule has 2 aliphatic rings. The number of likely N-dealkylation sites (tertiary alicyclic amines) is 1. The first kappa shape index (κ1) is 14.4. The van der Waals surface area contributed by atoms with Crippen LogP contribution in [0, 0.1) is 22.2 Å². The van der Waals surface area contributed by atoms with E-state index in [1.165, 1.54) is 6.42 Å². The number of nitrogens with zero attached hydrogens (tertiary/aromatic N) is 2. The van der Waals surface area contributed by atoms with Gasteiger partial charge in [0.25, 0.3) is 0 Å². The molecule has 1 heterocycles. The number of carbonyl (C=O) groups is 1. The summed E-state index contributed by atoms with van der Waals surface area (Å²) in [5, 5.41) is 9.52. The number of amides is 1. The Labute approximate surface area is 117 Å². The van der Waals surface area contributed by atoms with Gasteiger partial charge in [-0.1, -0.05) is 33.1 Å². The summed E-state index contributed by atoms with van der Waals surface area (Å²) in [5.41, 5.74) is -0.392. The number of hydrogen-bond acceptors (Lipinski definition) is 2. The van der Waals surface area contributed by atoms with Crippen LogP contribution in [0.3, 0.4) is 0 Å². The Kier molecular flexibility index (Phi) is 4.18. The second-order valence-electron chi connectivity index (χ2n) is 6.44. The summed E-state index contributed by atoms with van der Waals surface area (Å²) in [5.74, 6) is 0.124. The van der Waals surface area contributed by atoms with E-state index in [1.54, 1.807) is 0 Å². The first-order valence-corrected chi connectivity index (χ1v) is 7.82. The zero-order chi connectivity index (χ0) is 13.9. The Balaban J connectivity index is 2.10. The lowest BCUT2D eigenvalue weighted by Gasteiger charge is -2.34. The molecular weight excluding hydrogens is 236 g/mol. The molecule has 0 aromatic rings. The summed E-state index contributed by atoms with van der Waals surface area (Å²) < 4.78 is 0. The van der Waals surface area contributed by atoms with Gasteiger partial charge in [0.2, 0.25) is 5.91 Å². The molecule has 106 valence electrons. The molecule has 2 fully saturated rings. The fraction of sp³-hybridized carbons (Fsp3) is 0.875. The summed E-state index contributed by atoms with van der Waals surface area (Å²) in [4.78, 5) is 14.8. The molecule has 0 unspecified atom stereocenters. The highest BCUT2D eigenvalue weighted by molar-refractivity contribution is 5.86. The van der Waals surface area contributed by atoms with E-state index in [9.17, 15) is 10.1 Å². The van der Waals surface area contributed by atoms with E-state index in [1.807, 2.05) is 4.90 Å². The van der Waals surface area contributed by atoms with Gasteiger partial charge in [0.05, 0.1) is 6.07 Å². The third-order valence-electron chi connectivity index (χ3n) is 5.56. The van der Waals surface area contributed by atoms with Crippen molar-refractivity contribution in [3.63, 3.8) is 0 Å². The average molecular weight is 262 g/mol. The monoisotopic (exact) mass is 262 g/mol. The maximum atomic E-state index is 12.8. The van der Waals surface area contributed by atoms with Gasteiger partial charge in [0, 0.05) is 13.1 Å². The molecule has 0 spiro atoms. The third-order valence-corrected chi connectivity index (χ3v) is 5.56. The highest BCUT2D eigenvalue weighted by Gasteiger charge is 2.46. The largest absolute Gasteiger partial charge is 0.341 e. The van der Waals surface area contributed by atoms with E-state index in [0.717, 1.165) is 58.0 Å². The molecule has 19 heavy (non-hydrogen) atoms. The molecule has 3 heteroatoms. The van der Waals surface area contributed by atoms with Gasteiger partial charge in [-0.25, -0.2) is 0 Å². The Morgan fingerprint density at radius 1 is 1.16 bits per heavy atom. The van der Waals surface area contributed by atoms with E-state index in [-0.39, 0.29) is 5.91 Å². The molecule has 0 aromatic heterocycles. The Hall–Kier alpha value is -1.04. The minimum absolute atomic E-state index is 0.124. The molecule has 0 aromatic carbocycles. The van der Waals surface area contributed by atoms with Crippen LogP contribution >= 0.6 is 0 Å². The predicted molar refractivity (Wildman–Crippen MR) is 75.3 cm³/mol. The summed E-state index contributed by atoms with van der Waals surface area (Å²) >= 11 is 0. The molecule has 2 rings (SSSR count). The van der Waals surface area contributed by atoms with Crippen LogP contribution < -0.4 is 0 Å². The number of carbonyl (C=O) groups excluding carboxylic acids is 1. The van der Waals surface area contributed by atoms with E-state index >= 15 is 0 Å². The molecule has 1 amide bonds. The van der Waals surface area contributed by atoms with Crippen LogP contribution in [0.1, 0.15) is 65.2 Å². The van der Waals surface area contributed by atoms with Gasteiger partial charge < -0.3 is 4.90 Å². The van der Waals surface area contributed by atoms with E-state index in [4.69, 9.17) is 0 Å². The maximum Gasteiger partial charge on any atom is 0.243 e. The molecule has 1 aliphatic carbocycles. The highest BCUT2D eigenvalue weighted by atomic mass is 16.2. The van der Waals surface area contributed by atoms with Crippen LogP contribution in [0.15, 0.2) is 0 Å². The smallest absolute Gasteiger partial charge is 0.243 e. The second kappa shape index (κ2) is 5.53. The van der Waals surface area contributed by atoms with E-state index in [2.05, 4.69) is 19.9 Å². The summed E-state index contributed by atoms with van der Waals surface area (Å²) in [6.45, 7) is 6.16. The lowest BCUT2D eigenvalue weighted by Crippen LogP contribution is -2.44. The van der Waals surface area contributed by atoms with Crippen molar-refractivity contribution in [2.75, 3.05) is 13.1 Å². The second-order valence-corrected chi connectivity index (χ2v) is 6.44. The minimum Gasteiger partial charge on any atom is -0.341 e. The van der Waals surface area contributed by atoms with Crippen LogP contribution in [0.5, 0.6) is 0 Å². The average Bonchev–Trinajstić information content (AvgIpc) is 2.92. The van der Waals surface area contributed by atoms with Gasteiger partial charge in [-0.15, -0.1) is 0 Å². The summed E-state index contributed by atoms with van der Waals surface area (Å²) in [6.07, 6.45) is 8.13. The maximum absolute atomic E-state index is 12.8. The lowest BCUT2D eigenvalue weighted by molar-refractivity contribution is -0.140. The normalized spacial score (nSPS) is 25.0. The van der Waals surface area contributed by atoms with Crippen LogP contribution in [-0.2, 0) is 4.79 Å². The zero-order valence-electron chi connectivity index (χ0n) is 12.4. The first-order valence-electron chi connectivity index (χ1n) is 7.82. The van der Waals surface area contributed by atoms with Crippen molar-refractivity contribution in [2.24, 2.45) is 10.8 Å². The first-order chi connectivity index (χ1) is 9.11. The number of rotatable bonds is 3. The fourth-order valence-corrected chi connectivity index (χ4v) is 3.77. The van der Waals surface area contributed by atoms with Gasteiger partial charge in [-0.3, -0.25) is 4.79 Å². The topological polar surface area (TPSA) is 44.1 Å². The van der Waals surface area contributed by atoms with E-state index in [0.29, 0.717) is 5.41 Å². The molecule has 0 atom stereocenters. The predicted octanol–water partition coefficient (Wildman–Crippen LogP) is 3.50. The van der Waals surface area contributed by atoms with Gasteiger partial charge >= 0.3 is 0 Å². The van der Waals surface area contributed by atoms with Crippen LogP contribution in [0.2, 0.25) is 0 Å². The fourth-order valence-electron chi connectivity index (χ4n) is 3.77. The molecule has 0 bridgehead atoms. The van der Waals surface area contributed by atoms with E-state index < -0.39 is 5.41 Å². The van der Waals surface area contributed by atoms with Gasteiger partial charge in [0.15, 0.2) is 0 Å². The SMILES string of the molecule is CCC1(CC)CCN(C(=O)C2(C#N)CCCCC2)C1. The Morgan fingerprint density at radius 3 is 2.26 bits per heavy atom. The van der Waals surface area contributed by atoms with Crippen molar-refractivity contribution >= 4 is 5.91 Å². The summed E-state index contributed by atoms with van der Waals surface area (Å²) in [7, 11) is 0. The van der Waals surface area contributed by atoms with Crippen molar-refractivity contribution < 1.29 is 4.79 Å². The van der Waals surface area contributed by atoms with Gasteiger partial charge in [-0.05, 0) is 37.5 Å². The molecule has 0 radical (unpaired) electrons. The lowest BCUT2D eigenvalue weighted by atomic mass is 9.74. The molecule has 1 saturated carbocycles. The number of hydrogen-bond donors (Lipinski definition) is 0. The highest BCUT2D eigenvalue weighted by Crippen LogP contribution is 2.42. The van der Waals surface area contributed by atoms with Crippen LogP contribution in [0.25, 0.3) is 0 Å². The number of nitriles is 1. The van der Waals surface area contributed by atoms with Gasteiger partial charge in [0.1, 0.15) is 5.41 Å². The van der Waals surface area contributed by atoms with Crippen molar-refractivity contribution in [1.29, 1.82) is 5.26 Å². The molecule has 1 aliphatic heterocycles. The standard InChI is InChI=1S/C16H26N2O/c1-3-15(4-2)10-11-18(13-15)14(19)16(12-17)8-6-5-7-9-16/h3-11,13H2,1-2H3. The Bertz CT molecular complexity index is 373. The van der Waals surface area contributed by atoms with Crippen LogP contribution in [-0.4, -0.2) is 23.9 Å². The minimum atomic E-state index is -0.699. The van der Waals surface area contributed by atoms with Crippen LogP contribution in [0.4, 0.5) is 0 Å². The Morgan fingerprint density at radius 2 is 1.79 bits per heavy atom. The molecule has 3 nitrogen and oxygen atoms in total. The molecule has 0 N–H and O–H groups in total. The van der Waals surface area contributed by atoms with Crippen molar-refractivity contribution in [3.8, 4) is 6.07 Å². The quantitative estimate of drug-likeness (QED) is 0.781.